The van der Waals surface area contributed by atoms with Crippen molar-refractivity contribution in [2.45, 2.75) is 15.1 Å². The first-order valence-electron chi connectivity index (χ1n) is 4.81. The SMILES string of the molecule is C=CCNc1nnc(SC[C@H]2CC2(Cl)Cl)s1. The zero-order valence-corrected chi connectivity index (χ0v) is 11.6. The van der Waals surface area contributed by atoms with Gasteiger partial charge in [-0.3, -0.25) is 0 Å². The second-order valence-corrected chi connectivity index (χ2v) is 7.30. The second-order valence-electron chi connectivity index (χ2n) is 3.52. The molecule has 0 bridgehead atoms. The van der Waals surface area contributed by atoms with Crippen LogP contribution in [0.3, 0.4) is 0 Å². The lowest BCUT2D eigenvalue weighted by Crippen LogP contribution is -1.96. The van der Waals surface area contributed by atoms with Gasteiger partial charge in [0.1, 0.15) is 4.33 Å². The molecule has 0 saturated heterocycles. The summed E-state index contributed by atoms with van der Waals surface area (Å²) in [5, 5.41) is 12.0. The number of aromatic nitrogens is 2. The summed E-state index contributed by atoms with van der Waals surface area (Å²) in [7, 11) is 0. The van der Waals surface area contributed by atoms with Gasteiger partial charge in [0.25, 0.3) is 0 Å². The van der Waals surface area contributed by atoms with E-state index in [-0.39, 0.29) is 0 Å². The molecule has 0 amide bonds. The number of nitrogens with zero attached hydrogens (tertiary/aromatic N) is 2. The molecule has 1 N–H and O–H groups in total. The third-order valence-electron chi connectivity index (χ3n) is 2.17. The maximum Gasteiger partial charge on any atom is 0.206 e. The summed E-state index contributed by atoms with van der Waals surface area (Å²) in [6, 6.07) is 0. The minimum Gasteiger partial charge on any atom is -0.357 e. The molecule has 1 aliphatic carbocycles. The van der Waals surface area contributed by atoms with Crippen LogP contribution in [-0.4, -0.2) is 26.8 Å². The van der Waals surface area contributed by atoms with Crippen LogP contribution >= 0.6 is 46.3 Å². The van der Waals surface area contributed by atoms with Crippen LogP contribution in [0.15, 0.2) is 17.0 Å². The van der Waals surface area contributed by atoms with E-state index in [1.54, 1.807) is 17.8 Å². The molecule has 1 saturated carbocycles. The molecule has 2 rings (SSSR count). The summed E-state index contributed by atoms with van der Waals surface area (Å²) in [5.41, 5.74) is 0. The van der Waals surface area contributed by atoms with Crippen LogP contribution in [0.25, 0.3) is 0 Å². The number of thioether (sulfide) groups is 1. The van der Waals surface area contributed by atoms with Crippen molar-refractivity contribution in [3.05, 3.63) is 12.7 Å². The second kappa shape index (κ2) is 5.12. The van der Waals surface area contributed by atoms with Crippen LogP contribution in [-0.2, 0) is 0 Å². The van der Waals surface area contributed by atoms with Crippen molar-refractivity contribution < 1.29 is 0 Å². The molecule has 7 heteroatoms. The molecule has 1 heterocycles. The molecule has 0 aromatic carbocycles. The average Bonchev–Trinajstić information content (AvgIpc) is 2.67. The molecule has 16 heavy (non-hydrogen) atoms. The quantitative estimate of drug-likeness (QED) is 0.496. The molecule has 0 unspecified atom stereocenters. The van der Waals surface area contributed by atoms with E-state index in [0.29, 0.717) is 12.5 Å². The first-order valence-corrected chi connectivity index (χ1v) is 7.36. The Morgan fingerprint density at radius 3 is 3.00 bits per heavy atom. The predicted octanol–water partition coefficient (Wildman–Crippen LogP) is 3.42. The molecule has 1 aromatic rings. The Balaban J connectivity index is 1.77. The molecule has 0 radical (unpaired) electrons. The lowest BCUT2D eigenvalue weighted by Gasteiger charge is -1.96. The first-order chi connectivity index (χ1) is 7.62. The molecule has 1 aromatic heterocycles. The van der Waals surface area contributed by atoms with E-state index in [0.717, 1.165) is 21.6 Å². The number of halogens is 2. The van der Waals surface area contributed by atoms with Crippen LogP contribution in [0.2, 0.25) is 0 Å². The number of rotatable bonds is 6. The number of hydrogen-bond acceptors (Lipinski definition) is 5. The Morgan fingerprint density at radius 1 is 1.62 bits per heavy atom. The Labute approximate surface area is 113 Å². The van der Waals surface area contributed by atoms with Crippen molar-refractivity contribution in [2.24, 2.45) is 5.92 Å². The minimum absolute atomic E-state index is 0.384. The van der Waals surface area contributed by atoms with E-state index in [1.165, 1.54) is 11.3 Å². The summed E-state index contributed by atoms with van der Waals surface area (Å²) < 4.78 is 0.448. The van der Waals surface area contributed by atoms with Gasteiger partial charge in [0.15, 0.2) is 4.34 Å². The van der Waals surface area contributed by atoms with Crippen LogP contribution in [0.4, 0.5) is 5.13 Å². The Bertz CT molecular complexity index is 381. The number of anilines is 1. The molecular weight excluding hydrogens is 285 g/mol. The van der Waals surface area contributed by atoms with Gasteiger partial charge in [0.2, 0.25) is 5.13 Å². The third kappa shape index (κ3) is 3.26. The van der Waals surface area contributed by atoms with Crippen LogP contribution in [0.5, 0.6) is 0 Å². The summed E-state index contributed by atoms with van der Waals surface area (Å²) in [4.78, 5) is 0. The molecule has 3 nitrogen and oxygen atoms in total. The number of alkyl halides is 2. The number of nitrogens with one attached hydrogen (secondary N) is 1. The zero-order valence-electron chi connectivity index (χ0n) is 8.45. The van der Waals surface area contributed by atoms with Crippen LogP contribution < -0.4 is 5.32 Å². The fourth-order valence-corrected chi connectivity index (χ4v) is 3.84. The molecule has 1 fully saturated rings. The van der Waals surface area contributed by atoms with Crippen molar-refractivity contribution in [2.75, 3.05) is 17.6 Å². The average molecular weight is 296 g/mol. The van der Waals surface area contributed by atoms with Crippen molar-refractivity contribution in [3.8, 4) is 0 Å². The molecule has 1 aliphatic rings. The summed E-state index contributed by atoms with van der Waals surface area (Å²) in [5.74, 6) is 1.29. The third-order valence-corrected chi connectivity index (χ3v) is 5.27. The lowest BCUT2D eigenvalue weighted by atomic mass is 10.5. The standard InChI is InChI=1S/C9H11Cl2N3S2/c1-2-3-12-7-13-14-8(16-7)15-5-6-4-9(6,10)11/h2,6H,1,3-5H2,(H,12,13)/t6-/m1/s1. The predicted molar refractivity (Wildman–Crippen MR) is 71.9 cm³/mol. The highest BCUT2D eigenvalue weighted by atomic mass is 35.5. The Morgan fingerprint density at radius 2 is 2.38 bits per heavy atom. The lowest BCUT2D eigenvalue weighted by molar-refractivity contribution is 0.966. The molecule has 0 aliphatic heterocycles. The van der Waals surface area contributed by atoms with Crippen molar-refractivity contribution >= 4 is 51.4 Å². The van der Waals surface area contributed by atoms with E-state index >= 15 is 0 Å². The van der Waals surface area contributed by atoms with Gasteiger partial charge in [-0.15, -0.1) is 40.0 Å². The van der Waals surface area contributed by atoms with Gasteiger partial charge >= 0.3 is 0 Å². The fourth-order valence-electron chi connectivity index (χ4n) is 1.12. The van der Waals surface area contributed by atoms with Crippen molar-refractivity contribution in [1.29, 1.82) is 0 Å². The monoisotopic (exact) mass is 295 g/mol. The summed E-state index contributed by atoms with van der Waals surface area (Å²) in [6.45, 7) is 4.33. The minimum atomic E-state index is -0.498. The first kappa shape index (κ1) is 12.5. The highest BCUT2D eigenvalue weighted by Crippen LogP contribution is 2.54. The van der Waals surface area contributed by atoms with E-state index in [1.807, 2.05) is 0 Å². The number of hydrogen-bond donors (Lipinski definition) is 1. The molecule has 1 atom stereocenters. The Hall–Kier alpha value is 0.0300. The van der Waals surface area contributed by atoms with Gasteiger partial charge in [-0.25, -0.2) is 0 Å². The summed E-state index contributed by atoms with van der Waals surface area (Å²) >= 11 is 15.1. The van der Waals surface area contributed by atoms with E-state index < -0.39 is 4.33 Å². The maximum atomic E-state index is 5.94. The van der Waals surface area contributed by atoms with Gasteiger partial charge in [-0.2, -0.15) is 0 Å². The molecule has 88 valence electrons. The highest BCUT2D eigenvalue weighted by molar-refractivity contribution is 8.01. The largest absolute Gasteiger partial charge is 0.357 e. The smallest absolute Gasteiger partial charge is 0.206 e. The Kier molecular flexibility index (Phi) is 4.00. The normalized spacial score (nSPS) is 21.8. The summed E-state index contributed by atoms with van der Waals surface area (Å²) in [6.07, 6.45) is 2.66. The van der Waals surface area contributed by atoms with E-state index in [9.17, 15) is 0 Å². The molecular formula is C9H11Cl2N3S2. The topological polar surface area (TPSA) is 37.8 Å². The van der Waals surface area contributed by atoms with E-state index in [2.05, 4.69) is 22.1 Å². The van der Waals surface area contributed by atoms with Crippen molar-refractivity contribution in [1.82, 2.24) is 10.2 Å². The van der Waals surface area contributed by atoms with Gasteiger partial charge in [0.05, 0.1) is 0 Å². The van der Waals surface area contributed by atoms with Gasteiger partial charge in [-0.1, -0.05) is 29.2 Å². The van der Waals surface area contributed by atoms with Gasteiger partial charge in [0, 0.05) is 18.2 Å². The van der Waals surface area contributed by atoms with Crippen molar-refractivity contribution in [3.63, 3.8) is 0 Å². The highest BCUT2D eigenvalue weighted by Gasteiger charge is 2.51. The van der Waals surface area contributed by atoms with Crippen LogP contribution in [0.1, 0.15) is 6.42 Å². The van der Waals surface area contributed by atoms with E-state index in [4.69, 9.17) is 23.2 Å². The molecule has 0 spiro atoms. The van der Waals surface area contributed by atoms with Crippen LogP contribution in [0, 0.1) is 5.92 Å². The van der Waals surface area contributed by atoms with Gasteiger partial charge < -0.3 is 5.32 Å². The maximum absolute atomic E-state index is 5.94. The van der Waals surface area contributed by atoms with Gasteiger partial charge in [-0.05, 0) is 6.42 Å². The fraction of sp³-hybridized carbons (Fsp3) is 0.556. The zero-order chi connectivity index (χ0) is 11.6.